The number of alkyl halides is 3. The minimum atomic E-state index is -4.67. The van der Waals surface area contributed by atoms with E-state index in [1.165, 1.54) is 0 Å². The number of carbonyl (C=O) groups excluding carboxylic acids is 1. The smallest absolute Gasteiger partial charge is 0.418 e. The summed E-state index contributed by atoms with van der Waals surface area (Å²) in [5.41, 5.74) is 0.132. The Morgan fingerprint density at radius 2 is 1.73 bits per heavy atom. The molecule has 2 heterocycles. The highest BCUT2D eigenvalue weighted by Crippen LogP contribution is 2.37. The van der Waals surface area contributed by atoms with Gasteiger partial charge in [0.05, 0.1) is 17.4 Å². The van der Waals surface area contributed by atoms with Crippen molar-refractivity contribution < 1.29 is 27.1 Å². The van der Waals surface area contributed by atoms with E-state index in [0.29, 0.717) is 36.7 Å². The second-order valence-electron chi connectivity index (χ2n) is 9.07. The number of nitrogens with zero attached hydrogens (tertiary/aromatic N) is 3. The molecule has 0 aliphatic carbocycles. The van der Waals surface area contributed by atoms with Gasteiger partial charge in [0.25, 0.3) is 0 Å². The summed E-state index contributed by atoms with van der Waals surface area (Å²) < 4.78 is 59.3. The number of nitrogens with one attached hydrogen (secondary N) is 1. The third kappa shape index (κ3) is 6.56. The largest absolute Gasteiger partial charge is 0.459 e. The van der Waals surface area contributed by atoms with Gasteiger partial charge < -0.3 is 15.0 Å². The van der Waals surface area contributed by atoms with Gasteiger partial charge in [0.15, 0.2) is 0 Å². The number of pyridine rings is 1. The number of piperazine rings is 1. The fourth-order valence-electron chi connectivity index (χ4n) is 4.19. The number of benzene rings is 2. The van der Waals surface area contributed by atoms with Crippen molar-refractivity contribution in [2.45, 2.75) is 32.7 Å². The van der Waals surface area contributed by atoms with E-state index in [4.69, 9.17) is 4.74 Å². The van der Waals surface area contributed by atoms with Crippen LogP contribution < -0.4 is 10.2 Å². The highest BCUT2D eigenvalue weighted by Gasteiger charge is 2.34. The molecule has 1 saturated heterocycles. The summed E-state index contributed by atoms with van der Waals surface area (Å²) in [6, 6.07) is 13.2. The molecule has 1 aliphatic heterocycles. The van der Waals surface area contributed by atoms with Crippen molar-refractivity contribution in [3.63, 3.8) is 0 Å². The monoisotopic (exact) mass is 516 g/mol. The van der Waals surface area contributed by atoms with E-state index in [0.717, 1.165) is 36.9 Å². The maximum atomic E-state index is 14.1. The van der Waals surface area contributed by atoms with Gasteiger partial charge in [0.1, 0.15) is 17.2 Å². The van der Waals surface area contributed by atoms with Crippen LogP contribution >= 0.6 is 0 Å². The molecule has 0 spiro atoms. The van der Waals surface area contributed by atoms with Gasteiger partial charge in [-0.3, -0.25) is 4.90 Å². The van der Waals surface area contributed by atoms with E-state index < -0.39 is 29.2 Å². The van der Waals surface area contributed by atoms with Crippen LogP contribution in [0.15, 0.2) is 60.8 Å². The molecule has 196 valence electrons. The summed E-state index contributed by atoms with van der Waals surface area (Å²) in [4.78, 5) is 21.2. The first-order chi connectivity index (χ1) is 17.6. The molecule has 0 amide bonds. The second kappa shape index (κ2) is 11.2. The highest BCUT2D eigenvalue weighted by atomic mass is 19.4. The van der Waals surface area contributed by atoms with Crippen molar-refractivity contribution in [3.05, 3.63) is 83.3 Å². The van der Waals surface area contributed by atoms with Crippen LogP contribution in [0.2, 0.25) is 0 Å². The van der Waals surface area contributed by atoms with E-state index in [2.05, 4.69) is 20.1 Å². The molecule has 0 unspecified atom stereocenters. The van der Waals surface area contributed by atoms with Crippen LogP contribution in [0.3, 0.4) is 0 Å². The SMILES string of the molecule is CC(C)OC(=O)c1cccnc1N1CCN(Cc2ccc(Nc3c(F)cccc3C(F)(F)F)cc2)CC1. The summed E-state index contributed by atoms with van der Waals surface area (Å²) in [5.74, 6) is -0.758. The van der Waals surface area contributed by atoms with Crippen LogP contribution in [0.25, 0.3) is 0 Å². The van der Waals surface area contributed by atoms with E-state index in [1.807, 2.05) is 12.1 Å². The summed E-state index contributed by atoms with van der Waals surface area (Å²) in [5, 5.41) is 2.57. The molecule has 4 rings (SSSR count). The minimum Gasteiger partial charge on any atom is -0.459 e. The molecule has 1 aromatic heterocycles. The van der Waals surface area contributed by atoms with Crippen molar-refractivity contribution in [2.24, 2.45) is 0 Å². The number of esters is 1. The van der Waals surface area contributed by atoms with Gasteiger partial charge in [-0.1, -0.05) is 18.2 Å². The van der Waals surface area contributed by atoms with Crippen LogP contribution in [0.1, 0.15) is 35.3 Å². The number of para-hydroxylation sites is 1. The van der Waals surface area contributed by atoms with Crippen LogP contribution in [0.4, 0.5) is 34.8 Å². The van der Waals surface area contributed by atoms with Gasteiger partial charge in [-0.2, -0.15) is 13.2 Å². The van der Waals surface area contributed by atoms with Gasteiger partial charge in [-0.15, -0.1) is 0 Å². The predicted octanol–water partition coefficient (Wildman–Crippen LogP) is 5.87. The molecule has 2 aromatic carbocycles. The zero-order valence-electron chi connectivity index (χ0n) is 20.6. The Morgan fingerprint density at radius 1 is 1.03 bits per heavy atom. The molecule has 1 fully saturated rings. The molecular formula is C27H28F4N4O2. The number of hydrogen-bond acceptors (Lipinski definition) is 6. The first-order valence-corrected chi connectivity index (χ1v) is 12.0. The Labute approximate surface area is 212 Å². The summed E-state index contributed by atoms with van der Waals surface area (Å²) in [7, 11) is 0. The molecule has 0 saturated carbocycles. The molecule has 0 radical (unpaired) electrons. The predicted molar refractivity (Wildman–Crippen MR) is 133 cm³/mol. The van der Waals surface area contributed by atoms with Gasteiger partial charge >= 0.3 is 12.1 Å². The first-order valence-electron chi connectivity index (χ1n) is 12.0. The average molecular weight is 517 g/mol. The molecule has 37 heavy (non-hydrogen) atoms. The maximum Gasteiger partial charge on any atom is 0.418 e. The Bertz CT molecular complexity index is 1220. The molecule has 3 aromatic rings. The summed E-state index contributed by atoms with van der Waals surface area (Å²) in [6.45, 7) is 7.06. The number of carbonyl (C=O) groups is 1. The number of hydrogen-bond donors (Lipinski definition) is 1. The van der Waals surface area contributed by atoms with Gasteiger partial charge in [0.2, 0.25) is 0 Å². The lowest BCUT2D eigenvalue weighted by molar-refractivity contribution is -0.137. The zero-order chi connectivity index (χ0) is 26.6. The number of rotatable bonds is 7. The number of halogens is 4. The molecule has 1 N–H and O–H groups in total. The number of anilines is 3. The molecule has 6 nitrogen and oxygen atoms in total. The topological polar surface area (TPSA) is 57.7 Å². The molecule has 0 atom stereocenters. The second-order valence-corrected chi connectivity index (χ2v) is 9.07. The van der Waals surface area contributed by atoms with Gasteiger partial charge in [-0.05, 0) is 55.8 Å². The Hall–Kier alpha value is -3.66. The van der Waals surface area contributed by atoms with Gasteiger partial charge in [0, 0.05) is 44.6 Å². The van der Waals surface area contributed by atoms with E-state index in [1.54, 1.807) is 44.3 Å². The third-order valence-corrected chi connectivity index (χ3v) is 5.97. The van der Waals surface area contributed by atoms with Crippen LogP contribution in [0, 0.1) is 5.82 Å². The van der Waals surface area contributed by atoms with Crippen molar-refractivity contribution in [3.8, 4) is 0 Å². The van der Waals surface area contributed by atoms with Crippen LogP contribution in [-0.4, -0.2) is 48.1 Å². The fraction of sp³-hybridized carbons (Fsp3) is 0.333. The average Bonchev–Trinajstić information content (AvgIpc) is 2.86. The molecular weight excluding hydrogens is 488 g/mol. The molecule has 0 bridgehead atoms. The Kier molecular flexibility index (Phi) is 7.97. The Morgan fingerprint density at radius 3 is 2.38 bits per heavy atom. The van der Waals surface area contributed by atoms with Crippen molar-refractivity contribution in [2.75, 3.05) is 36.4 Å². The number of aromatic nitrogens is 1. The quantitative estimate of drug-likeness (QED) is 0.313. The molecule has 10 heteroatoms. The summed E-state index contributed by atoms with van der Waals surface area (Å²) >= 11 is 0. The summed E-state index contributed by atoms with van der Waals surface area (Å²) in [6.07, 6.45) is -3.24. The van der Waals surface area contributed by atoms with E-state index in [-0.39, 0.29) is 6.10 Å². The minimum absolute atomic E-state index is 0.225. The number of ether oxygens (including phenoxy) is 1. The maximum absolute atomic E-state index is 14.1. The zero-order valence-corrected chi connectivity index (χ0v) is 20.6. The lowest BCUT2D eigenvalue weighted by atomic mass is 10.1. The normalized spacial score (nSPS) is 14.6. The third-order valence-electron chi connectivity index (χ3n) is 5.97. The Balaban J connectivity index is 1.36. The first kappa shape index (κ1) is 26.4. The van der Waals surface area contributed by atoms with Crippen molar-refractivity contribution in [1.29, 1.82) is 0 Å². The molecule has 1 aliphatic rings. The van der Waals surface area contributed by atoms with E-state index in [9.17, 15) is 22.4 Å². The van der Waals surface area contributed by atoms with Crippen LogP contribution in [-0.2, 0) is 17.5 Å². The fourth-order valence-corrected chi connectivity index (χ4v) is 4.19. The standard InChI is InChI=1S/C27H28F4N4O2/c1-18(2)37-26(36)21-5-4-12-32-25(21)35-15-13-34(14-16-35)17-19-8-10-20(11-9-19)33-24-22(27(29,30)31)6-3-7-23(24)28/h3-12,18,33H,13-17H2,1-2H3. The van der Waals surface area contributed by atoms with Crippen molar-refractivity contribution >= 4 is 23.2 Å². The van der Waals surface area contributed by atoms with Crippen molar-refractivity contribution in [1.82, 2.24) is 9.88 Å². The van der Waals surface area contributed by atoms with Crippen LogP contribution in [0.5, 0.6) is 0 Å². The lowest BCUT2D eigenvalue weighted by Gasteiger charge is -2.36. The highest BCUT2D eigenvalue weighted by molar-refractivity contribution is 5.94. The lowest BCUT2D eigenvalue weighted by Crippen LogP contribution is -2.46. The van der Waals surface area contributed by atoms with E-state index >= 15 is 0 Å². The van der Waals surface area contributed by atoms with Gasteiger partial charge in [-0.25, -0.2) is 14.2 Å².